The zero-order chi connectivity index (χ0) is 9.59. The molecule has 2 rings (SSSR count). The monoisotopic (exact) mass is 175 g/mol. The highest BCUT2D eigenvalue weighted by Gasteiger charge is 2.20. The van der Waals surface area contributed by atoms with Gasteiger partial charge in [-0.05, 0) is 12.5 Å². The Morgan fingerprint density at radius 3 is 2.77 bits per heavy atom. The van der Waals surface area contributed by atoms with Crippen LogP contribution in [-0.2, 0) is 7.05 Å². The van der Waals surface area contributed by atoms with Crippen molar-refractivity contribution in [3.8, 4) is 0 Å². The van der Waals surface area contributed by atoms with Crippen LogP contribution in [-0.4, -0.2) is 21.5 Å². The van der Waals surface area contributed by atoms with Crippen LogP contribution in [0.5, 0.6) is 0 Å². The summed E-state index contributed by atoms with van der Waals surface area (Å²) in [7, 11) is 3.99. The van der Waals surface area contributed by atoms with Crippen LogP contribution >= 0.6 is 0 Å². The maximum absolute atomic E-state index is 4.33. The van der Waals surface area contributed by atoms with Crippen molar-refractivity contribution in [2.75, 3.05) is 7.05 Å². The van der Waals surface area contributed by atoms with E-state index in [4.69, 9.17) is 0 Å². The predicted molar refractivity (Wildman–Crippen MR) is 53.7 cm³/mol. The minimum absolute atomic E-state index is 1.00. The van der Waals surface area contributed by atoms with E-state index in [2.05, 4.69) is 24.7 Å². The van der Waals surface area contributed by atoms with E-state index in [1.54, 1.807) is 0 Å². The average molecular weight is 175 g/mol. The SMILES string of the molecule is C=C1c2c(ncn2C)C(C)=CN1C. The molecule has 0 bridgehead atoms. The van der Waals surface area contributed by atoms with E-state index < -0.39 is 0 Å². The van der Waals surface area contributed by atoms with Crippen molar-refractivity contribution in [2.45, 2.75) is 6.92 Å². The summed E-state index contributed by atoms with van der Waals surface area (Å²) in [5.74, 6) is 0. The zero-order valence-corrected chi connectivity index (χ0v) is 8.20. The Kier molecular flexibility index (Phi) is 1.55. The fraction of sp³-hybridized carbons (Fsp3) is 0.300. The van der Waals surface area contributed by atoms with Crippen molar-refractivity contribution in [1.29, 1.82) is 0 Å². The molecule has 68 valence electrons. The lowest BCUT2D eigenvalue weighted by Gasteiger charge is -2.24. The number of allylic oxidation sites excluding steroid dienone is 1. The van der Waals surface area contributed by atoms with Gasteiger partial charge in [0.2, 0.25) is 0 Å². The van der Waals surface area contributed by atoms with Crippen molar-refractivity contribution in [3.63, 3.8) is 0 Å². The minimum atomic E-state index is 1.00. The summed E-state index contributed by atoms with van der Waals surface area (Å²) in [6.07, 6.45) is 3.88. The molecule has 0 amide bonds. The minimum Gasteiger partial charge on any atom is -0.349 e. The Bertz CT molecular complexity index is 398. The summed E-state index contributed by atoms with van der Waals surface area (Å²) in [6.45, 7) is 6.09. The van der Waals surface area contributed by atoms with Gasteiger partial charge in [0.15, 0.2) is 0 Å². The second-order valence-corrected chi connectivity index (χ2v) is 3.42. The molecule has 0 saturated carbocycles. The number of aryl methyl sites for hydroxylation is 1. The average Bonchev–Trinajstić information content (AvgIpc) is 2.44. The summed E-state index contributed by atoms with van der Waals surface area (Å²) < 4.78 is 2.00. The molecule has 0 spiro atoms. The largest absolute Gasteiger partial charge is 0.349 e. The second-order valence-electron chi connectivity index (χ2n) is 3.42. The topological polar surface area (TPSA) is 21.1 Å². The summed E-state index contributed by atoms with van der Waals surface area (Å²) in [4.78, 5) is 6.36. The molecule has 0 radical (unpaired) electrons. The Morgan fingerprint density at radius 1 is 1.38 bits per heavy atom. The number of hydrogen-bond acceptors (Lipinski definition) is 2. The summed E-state index contributed by atoms with van der Waals surface area (Å²) in [5.41, 5.74) is 4.35. The third kappa shape index (κ3) is 1.00. The number of nitrogens with zero attached hydrogens (tertiary/aromatic N) is 3. The highest BCUT2D eigenvalue weighted by Crippen LogP contribution is 2.30. The molecule has 0 aliphatic carbocycles. The molecule has 0 atom stereocenters. The molecule has 0 N–H and O–H groups in total. The molecule has 0 fully saturated rings. The van der Waals surface area contributed by atoms with Crippen LogP contribution in [0.15, 0.2) is 19.1 Å². The van der Waals surface area contributed by atoms with Gasteiger partial charge < -0.3 is 9.47 Å². The molecule has 1 aromatic rings. The van der Waals surface area contributed by atoms with Crippen molar-refractivity contribution >= 4 is 11.3 Å². The molecular formula is C10H13N3. The Balaban J connectivity index is 2.67. The van der Waals surface area contributed by atoms with Crippen LogP contribution < -0.4 is 0 Å². The van der Waals surface area contributed by atoms with E-state index in [1.807, 2.05) is 29.9 Å². The smallest absolute Gasteiger partial charge is 0.0956 e. The number of rotatable bonds is 0. The third-order valence-corrected chi connectivity index (χ3v) is 2.40. The van der Waals surface area contributed by atoms with E-state index in [1.165, 1.54) is 5.57 Å². The number of imidazole rings is 1. The van der Waals surface area contributed by atoms with Crippen molar-refractivity contribution in [2.24, 2.45) is 7.05 Å². The molecule has 0 aromatic carbocycles. The standard InChI is InChI=1S/C10H13N3/c1-7-5-12(3)8(2)10-9(7)11-6-13(10)4/h5-6H,2H2,1,3-4H3. The van der Waals surface area contributed by atoms with Gasteiger partial charge in [0.25, 0.3) is 0 Å². The van der Waals surface area contributed by atoms with Gasteiger partial charge in [-0.15, -0.1) is 0 Å². The first kappa shape index (κ1) is 8.10. The first-order valence-corrected chi connectivity index (χ1v) is 4.23. The van der Waals surface area contributed by atoms with Gasteiger partial charge in [0.1, 0.15) is 0 Å². The molecular weight excluding hydrogens is 162 g/mol. The van der Waals surface area contributed by atoms with E-state index >= 15 is 0 Å². The van der Waals surface area contributed by atoms with Crippen molar-refractivity contribution in [1.82, 2.24) is 14.5 Å². The lowest BCUT2D eigenvalue weighted by Crippen LogP contribution is -2.16. The molecule has 1 aliphatic rings. The first-order valence-electron chi connectivity index (χ1n) is 4.23. The normalized spacial score (nSPS) is 15.8. The number of hydrogen-bond donors (Lipinski definition) is 0. The zero-order valence-electron chi connectivity index (χ0n) is 8.20. The third-order valence-electron chi connectivity index (χ3n) is 2.40. The van der Waals surface area contributed by atoms with E-state index in [0.29, 0.717) is 0 Å². The van der Waals surface area contributed by atoms with Gasteiger partial charge in [-0.25, -0.2) is 4.98 Å². The van der Waals surface area contributed by atoms with Crippen molar-refractivity contribution in [3.05, 3.63) is 30.5 Å². The fourth-order valence-electron chi connectivity index (χ4n) is 1.66. The van der Waals surface area contributed by atoms with Gasteiger partial charge in [-0.2, -0.15) is 0 Å². The van der Waals surface area contributed by atoms with Crippen LogP contribution in [0.3, 0.4) is 0 Å². The molecule has 13 heavy (non-hydrogen) atoms. The van der Waals surface area contributed by atoms with Gasteiger partial charge in [0, 0.05) is 20.3 Å². The molecule has 1 aliphatic heterocycles. The molecule has 1 aromatic heterocycles. The summed E-state index contributed by atoms with van der Waals surface area (Å²) in [6, 6.07) is 0. The maximum Gasteiger partial charge on any atom is 0.0956 e. The molecule has 3 heteroatoms. The van der Waals surface area contributed by atoms with Gasteiger partial charge in [-0.3, -0.25) is 0 Å². The van der Waals surface area contributed by atoms with Gasteiger partial charge >= 0.3 is 0 Å². The Hall–Kier alpha value is -1.51. The molecule has 0 saturated heterocycles. The molecule has 2 heterocycles. The lowest BCUT2D eigenvalue weighted by molar-refractivity contribution is 0.640. The van der Waals surface area contributed by atoms with Crippen LogP contribution in [0.2, 0.25) is 0 Å². The Labute approximate surface area is 78.0 Å². The summed E-state index contributed by atoms with van der Waals surface area (Å²) in [5, 5.41) is 0. The lowest BCUT2D eigenvalue weighted by atomic mass is 10.1. The van der Waals surface area contributed by atoms with E-state index in [9.17, 15) is 0 Å². The van der Waals surface area contributed by atoms with Crippen molar-refractivity contribution < 1.29 is 0 Å². The first-order chi connectivity index (χ1) is 6.11. The van der Waals surface area contributed by atoms with Crippen LogP contribution in [0.1, 0.15) is 18.3 Å². The van der Waals surface area contributed by atoms with Crippen LogP contribution in [0.4, 0.5) is 0 Å². The van der Waals surface area contributed by atoms with Gasteiger partial charge in [0.05, 0.1) is 23.4 Å². The molecule has 0 unspecified atom stereocenters. The quantitative estimate of drug-likeness (QED) is 0.598. The molecule has 3 nitrogen and oxygen atoms in total. The van der Waals surface area contributed by atoms with Gasteiger partial charge in [-0.1, -0.05) is 6.58 Å². The predicted octanol–water partition coefficient (Wildman–Crippen LogP) is 1.70. The van der Waals surface area contributed by atoms with E-state index in [-0.39, 0.29) is 0 Å². The van der Waals surface area contributed by atoms with Crippen LogP contribution in [0, 0.1) is 0 Å². The second kappa shape index (κ2) is 2.49. The fourth-order valence-corrected chi connectivity index (χ4v) is 1.66. The number of fused-ring (bicyclic) bond motifs is 1. The Morgan fingerprint density at radius 2 is 2.08 bits per heavy atom. The van der Waals surface area contributed by atoms with Crippen LogP contribution in [0.25, 0.3) is 11.3 Å². The summed E-state index contributed by atoms with van der Waals surface area (Å²) >= 11 is 0. The highest BCUT2D eigenvalue weighted by molar-refractivity contribution is 5.78. The van der Waals surface area contributed by atoms with E-state index in [0.717, 1.165) is 17.1 Å². The number of aromatic nitrogens is 2. The maximum atomic E-state index is 4.33. The highest BCUT2D eigenvalue weighted by atomic mass is 15.2.